The molecule has 0 amide bonds. The molecule has 0 aliphatic rings. The minimum absolute atomic E-state index is 0.460. The summed E-state index contributed by atoms with van der Waals surface area (Å²) in [5, 5.41) is 3.14. The molecule has 2 nitrogen and oxygen atoms in total. The molecule has 0 spiro atoms. The highest BCUT2D eigenvalue weighted by Crippen LogP contribution is 2.29. The van der Waals surface area contributed by atoms with Gasteiger partial charge in [0.2, 0.25) is 0 Å². The number of hydrogen-bond donors (Lipinski definition) is 1. The van der Waals surface area contributed by atoms with Gasteiger partial charge in [0, 0.05) is 19.6 Å². The van der Waals surface area contributed by atoms with E-state index in [1.807, 2.05) is 7.05 Å². The number of likely N-dealkylation sites (N-methyl/N-ethyl adjacent to an activating group) is 1. The Labute approximate surface area is 106 Å². The van der Waals surface area contributed by atoms with Gasteiger partial charge >= 0.3 is 6.18 Å². The van der Waals surface area contributed by atoms with Crippen LogP contribution in [0.1, 0.15) is 18.1 Å². The number of hydrogen-bond acceptors (Lipinski definition) is 2. The van der Waals surface area contributed by atoms with Gasteiger partial charge < -0.3 is 10.2 Å². The third-order valence-corrected chi connectivity index (χ3v) is 2.79. The second-order valence-corrected chi connectivity index (χ2v) is 4.27. The van der Waals surface area contributed by atoms with Crippen LogP contribution in [0.5, 0.6) is 0 Å². The van der Waals surface area contributed by atoms with E-state index in [2.05, 4.69) is 17.1 Å². The Morgan fingerprint density at radius 3 is 2.61 bits per heavy atom. The van der Waals surface area contributed by atoms with E-state index in [4.69, 9.17) is 0 Å². The van der Waals surface area contributed by atoms with Crippen LogP contribution < -0.4 is 5.32 Å². The van der Waals surface area contributed by atoms with Crippen LogP contribution in [0.3, 0.4) is 0 Å². The Morgan fingerprint density at radius 2 is 2.00 bits per heavy atom. The van der Waals surface area contributed by atoms with Crippen molar-refractivity contribution in [3.63, 3.8) is 0 Å². The second-order valence-electron chi connectivity index (χ2n) is 4.27. The Balaban J connectivity index is 2.43. The van der Waals surface area contributed by atoms with E-state index in [0.717, 1.165) is 25.7 Å². The molecule has 1 aromatic rings. The lowest BCUT2D eigenvalue weighted by Gasteiger charge is -2.14. The number of nitrogens with zero attached hydrogens (tertiary/aromatic N) is 1. The lowest BCUT2D eigenvalue weighted by molar-refractivity contribution is -0.137. The molecule has 0 unspecified atom stereocenters. The number of alkyl halides is 3. The van der Waals surface area contributed by atoms with Crippen LogP contribution in [0.15, 0.2) is 24.3 Å². The highest BCUT2D eigenvalue weighted by molar-refractivity contribution is 5.25. The fourth-order valence-electron chi connectivity index (χ4n) is 1.52. The van der Waals surface area contributed by atoms with Gasteiger partial charge in [-0.05, 0) is 25.2 Å². The monoisotopic (exact) mass is 260 g/mol. The maximum absolute atomic E-state index is 12.5. The fraction of sp³-hybridized carbons (Fsp3) is 0.538. The van der Waals surface area contributed by atoms with E-state index in [9.17, 15) is 13.2 Å². The summed E-state index contributed by atoms with van der Waals surface area (Å²) in [6, 6.07) is 5.43. The summed E-state index contributed by atoms with van der Waals surface area (Å²) in [4.78, 5) is 2.14. The van der Waals surface area contributed by atoms with E-state index in [1.54, 1.807) is 6.07 Å². The van der Waals surface area contributed by atoms with Gasteiger partial charge in [-0.15, -0.1) is 0 Å². The average Bonchev–Trinajstić information content (AvgIpc) is 2.33. The molecule has 18 heavy (non-hydrogen) atoms. The Bertz CT molecular complexity index is 363. The summed E-state index contributed by atoms with van der Waals surface area (Å²) >= 11 is 0. The highest BCUT2D eigenvalue weighted by atomic mass is 19.4. The first-order chi connectivity index (χ1) is 8.43. The number of rotatable bonds is 6. The maximum Gasteiger partial charge on any atom is 0.416 e. The van der Waals surface area contributed by atoms with Crippen LogP contribution in [-0.2, 0) is 12.7 Å². The van der Waals surface area contributed by atoms with Crippen molar-refractivity contribution < 1.29 is 13.2 Å². The smallest absolute Gasteiger partial charge is 0.311 e. The third kappa shape index (κ3) is 5.06. The van der Waals surface area contributed by atoms with Crippen molar-refractivity contribution >= 4 is 0 Å². The van der Waals surface area contributed by atoms with Gasteiger partial charge in [-0.2, -0.15) is 13.2 Å². The normalized spacial score (nSPS) is 12.1. The molecule has 0 aromatic heterocycles. The molecule has 0 bridgehead atoms. The van der Waals surface area contributed by atoms with Crippen LogP contribution in [-0.4, -0.2) is 31.6 Å². The van der Waals surface area contributed by atoms with Gasteiger partial charge in [0.1, 0.15) is 0 Å². The molecule has 0 saturated carbocycles. The number of nitrogens with one attached hydrogen (secondary N) is 1. The first-order valence-corrected chi connectivity index (χ1v) is 5.99. The lowest BCUT2D eigenvalue weighted by Crippen LogP contribution is -2.28. The molecule has 5 heteroatoms. The highest BCUT2D eigenvalue weighted by Gasteiger charge is 2.30. The van der Waals surface area contributed by atoms with Crippen molar-refractivity contribution in [1.29, 1.82) is 0 Å². The van der Waals surface area contributed by atoms with Crippen molar-refractivity contribution in [2.75, 3.05) is 26.7 Å². The molecule has 0 heterocycles. The van der Waals surface area contributed by atoms with Gasteiger partial charge in [0.25, 0.3) is 0 Å². The molecular weight excluding hydrogens is 241 g/mol. The van der Waals surface area contributed by atoms with Gasteiger partial charge in [-0.3, -0.25) is 0 Å². The molecule has 1 rings (SSSR count). The van der Waals surface area contributed by atoms with Crippen molar-refractivity contribution in [3.8, 4) is 0 Å². The third-order valence-electron chi connectivity index (χ3n) is 2.79. The molecule has 1 aromatic carbocycles. The van der Waals surface area contributed by atoms with Gasteiger partial charge in [-0.25, -0.2) is 0 Å². The first kappa shape index (κ1) is 15.0. The number of benzene rings is 1. The largest absolute Gasteiger partial charge is 0.416 e. The Morgan fingerprint density at radius 1 is 1.28 bits per heavy atom. The zero-order chi connectivity index (χ0) is 13.6. The molecule has 1 N–H and O–H groups in total. The van der Waals surface area contributed by atoms with Crippen LogP contribution in [0.4, 0.5) is 13.2 Å². The maximum atomic E-state index is 12.5. The predicted octanol–water partition coefficient (Wildman–Crippen LogP) is 2.75. The van der Waals surface area contributed by atoms with Crippen molar-refractivity contribution in [2.45, 2.75) is 19.6 Å². The summed E-state index contributed by atoms with van der Waals surface area (Å²) < 4.78 is 37.4. The fourth-order valence-corrected chi connectivity index (χ4v) is 1.52. The lowest BCUT2D eigenvalue weighted by atomic mass is 10.1. The van der Waals surface area contributed by atoms with E-state index in [1.165, 1.54) is 12.1 Å². The Hall–Kier alpha value is -1.07. The van der Waals surface area contributed by atoms with Crippen molar-refractivity contribution in [2.24, 2.45) is 0 Å². The van der Waals surface area contributed by atoms with Gasteiger partial charge in [0.15, 0.2) is 0 Å². The second kappa shape index (κ2) is 6.75. The molecule has 0 fully saturated rings. The summed E-state index contributed by atoms with van der Waals surface area (Å²) in [5.41, 5.74) is 0.0662. The minimum Gasteiger partial charge on any atom is -0.311 e. The molecule has 102 valence electrons. The summed E-state index contributed by atoms with van der Waals surface area (Å²) in [6.45, 7) is 5.13. The predicted molar refractivity (Wildman–Crippen MR) is 66.3 cm³/mol. The van der Waals surface area contributed by atoms with Gasteiger partial charge in [0.05, 0.1) is 5.56 Å². The van der Waals surface area contributed by atoms with E-state index >= 15 is 0 Å². The molecular formula is C13H19F3N2. The quantitative estimate of drug-likeness (QED) is 0.791. The standard InChI is InChI=1S/C13H19F3N2/c1-3-18(2)8-7-17-10-11-5-4-6-12(9-11)13(14,15)16/h4-6,9,17H,3,7-8,10H2,1-2H3. The summed E-state index contributed by atoms with van der Waals surface area (Å²) in [7, 11) is 2.01. The molecule has 0 atom stereocenters. The molecule has 0 radical (unpaired) electrons. The summed E-state index contributed by atoms with van der Waals surface area (Å²) in [5.74, 6) is 0. The van der Waals surface area contributed by atoms with Crippen LogP contribution >= 0.6 is 0 Å². The minimum atomic E-state index is -4.27. The molecule has 0 aliphatic carbocycles. The van der Waals surface area contributed by atoms with Crippen LogP contribution in [0.2, 0.25) is 0 Å². The van der Waals surface area contributed by atoms with Crippen molar-refractivity contribution in [1.82, 2.24) is 10.2 Å². The van der Waals surface area contributed by atoms with E-state index in [-0.39, 0.29) is 0 Å². The van der Waals surface area contributed by atoms with Crippen LogP contribution in [0.25, 0.3) is 0 Å². The van der Waals surface area contributed by atoms with E-state index in [0.29, 0.717) is 12.1 Å². The van der Waals surface area contributed by atoms with E-state index < -0.39 is 11.7 Å². The number of halogens is 3. The molecule has 0 aliphatic heterocycles. The van der Waals surface area contributed by atoms with Gasteiger partial charge in [-0.1, -0.05) is 25.1 Å². The average molecular weight is 260 g/mol. The topological polar surface area (TPSA) is 15.3 Å². The Kier molecular flexibility index (Phi) is 5.62. The van der Waals surface area contributed by atoms with Crippen molar-refractivity contribution in [3.05, 3.63) is 35.4 Å². The zero-order valence-electron chi connectivity index (χ0n) is 10.7. The van der Waals surface area contributed by atoms with Crippen LogP contribution in [0, 0.1) is 0 Å². The molecule has 0 saturated heterocycles. The SMILES string of the molecule is CCN(C)CCNCc1cccc(C(F)(F)F)c1. The first-order valence-electron chi connectivity index (χ1n) is 5.99. The zero-order valence-corrected chi connectivity index (χ0v) is 10.7. The summed E-state index contributed by atoms with van der Waals surface area (Å²) in [6.07, 6.45) is -4.27.